The molecule has 2 rings (SSSR count). The number of anilines is 1. The Morgan fingerprint density at radius 3 is 2.37 bits per heavy atom. The summed E-state index contributed by atoms with van der Waals surface area (Å²) in [7, 11) is 1.78. The minimum atomic E-state index is -0.998. The van der Waals surface area contributed by atoms with Gasteiger partial charge in [0.1, 0.15) is 5.75 Å². The Balaban J connectivity index is 1.96. The summed E-state index contributed by atoms with van der Waals surface area (Å²) in [6.45, 7) is 4.84. The van der Waals surface area contributed by atoms with Crippen LogP contribution in [0.3, 0.4) is 0 Å². The Labute approximate surface area is 156 Å². The lowest BCUT2D eigenvalue weighted by atomic mass is 10.2. The Hall–Kier alpha value is -3.36. The van der Waals surface area contributed by atoms with Crippen LogP contribution in [0.15, 0.2) is 24.3 Å². The summed E-state index contributed by atoms with van der Waals surface area (Å²) in [6.07, 6.45) is -0.998. The van der Waals surface area contributed by atoms with Crippen molar-refractivity contribution in [3.63, 3.8) is 0 Å². The van der Waals surface area contributed by atoms with Crippen molar-refractivity contribution in [1.29, 1.82) is 0 Å². The molecule has 0 fully saturated rings. The lowest BCUT2D eigenvalue weighted by molar-refractivity contribution is -0.123. The summed E-state index contributed by atoms with van der Waals surface area (Å²) in [4.78, 5) is 35.2. The number of hydrogen-bond donors (Lipinski definition) is 2. The van der Waals surface area contributed by atoms with Gasteiger partial charge < -0.3 is 20.5 Å². The molecule has 0 aliphatic rings. The molecular formula is C18H22N4O5. The van der Waals surface area contributed by atoms with Gasteiger partial charge in [0.2, 0.25) is 0 Å². The molecule has 1 aromatic heterocycles. The van der Waals surface area contributed by atoms with Gasteiger partial charge in [-0.05, 0) is 45.0 Å². The summed E-state index contributed by atoms with van der Waals surface area (Å²) >= 11 is 0. The molecule has 0 saturated heterocycles. The van der Waals surface area contributed by atoms with E-state index >= 15 is 0 Å². The van der Waals surface area contributed by atoms with Gasteiger partial charge >= 0.3 is 5.97 Å². The molecule has 0 unspecified atom stereocenters. The van der Waals surface area contributed by atoms with Crippen molar-refractivity contribution in [2.24, 2.45) is 12.8 Å². The maximum atomic E-state index is 12.3. The normalized spacial score (nSPS) is 11.6. The molecule has 3 N–H and O–H groups in total. The average Bonchev–Trinajstić information content (AvgIpc) is 2.86. The van der Waals surface area contributed by atoms with Crippen LogP contribution in [0.1, 0.15) is 28.7 Å². The van der Waals surface area contributed by atoms with Gasteiger partial charge in [-0.25, -0.2) is 4.79 Å². The molecule has 0 bridgehead atoms. The van der Waals surface area contributed by atoms with E-state index in [0.717, 1.165) is 5.69 Å². The lowest BCUT2D eigenvalue weighted by Crippen LogP contribution is -2.30. The first-order valence-corrected chi connectivity index (χ1v) is 8.22. The number of aromatic nitrogens is 2. The van der Waals surface area contributed by atoms with Crippen LogP contribution in [-0.4, -0.2) is 40.3 Å². The molecule has 0 aliphatic carbocycles. The number of ether oxygens (including phenoxy) is 2. The SMILES string of the molecule is Cc1nn(C)c(C)c1NC(=O)[C@@H](C)OC(=O)c1ccc(OCC(N)=O)cc1. The molecule has 0 radical (unpaired) electrons. The van der Waals surface area contributed by atoms with Gasteiger partial charge in [0.25, 0.3) is 11.8 Å². The van der Waals surface area contributed by atoms with Crippen LogP contribution in [0.5, 0.6) is 5.75 Å². The predicted octanol–water partition coefficient (Wildman–Crippen LogP) is 1.09. The van der Waals surface area contributed by atoms with Gasteiger partial charge in [0.15, 0.2) is 12.7 Å². The van der Waals surface area contributed by atoms with E-state index in [1.54, 1.807) is 18.7 Å². The Bertz CT molecular complexity index is 857. The minimum Gasteiger partial charge on any atom is -0.484 e. The Morgan fingerprint density at radius 1 is 1.22 bits per heavy atom. The topological polar surface area (TPSA) is 126 Å². The number of carbonyl (C=O) groups excluding carboxylic acids is 3. The number of nitrogens with one attached hydrogen (secondary N) is 1. The van der Waals surface area contributed by atoms with Crippen LogP contribution in [0.4, 0.5) is 5.69 Å². The standard InChI is InChI=1S/C18H22N4O5/c1-10-16(11(2)22(4)21-10)20-17(24)12(3)27-18(25)13-5-7-14(8-6-13)26-9-15(19)23/h5-8,12H,9H2,1-4H3,(H2,19,23)(H,20,24)/t12-/m1/s1. The van der Waals surface area contributed by atoms with E-state index in [9.17, 15) is 14.4 Å². The zero-order valence-corrected chi connectivity index (χ0v) is 15.6. The maximum Gasteiger partial charge on any atom is 0.338 e. The first kappa shape index (κ1) is 20.0. The molecule has 27 heavy (non-hydrogen) atoms. The van der Waals surface area contributed by atoms with Crippen LogP contribution in [0.2, 0.25) is 0 Å². The number of nitrogens with zero attached hydrogens (tertiary/aromatic N) is 2. The monoisotopic (exact) mass is 374 g/mol. The van der Waals surface area contributed by atoms with Crippen LogP contribution in [0.25, 0.3) is 0 Å². The van der Waals surface area contributed by atoms with Crippen molar-refractivity contribution < 1.29 is 23.9 Å². The fraction of sp³-hybridized carbons (Fsp3) is 0.333. The zero-order valence-electron chi connectivity index (χ0n) is 15.6. The highest BCUT2D eigenvalue weighted by Gasteiger charge is 2.21. The lowest BCUT2D eigenvalue weighted by Gasteiger charge is -2.14. The molecule has 0 spiro atoms. The second kappa shape index (κ2) is 8.35. The first-order valence-electron chi connectivity index (χ1n) is 8.22. The van der Waals surface area contributed by atoms with Crippen molar-refractivity contribution in [2.75, 3.05) is 11.9 Å². The third-order valence-corrected chi connectivity index (χ3v) is 3.88. The molecule has 0 saturated carbocycles. The number of amides is 2. The summed E-state index contributed by atoms with van der Waals surface area (Å²) in [5.74, 6) is -1.32. The fourth-order valence-electron chi connectivity index (χ4n) is 2.30. The quantitative estimate of drug-likeness (QED) is 0.699. The maximum absolute atomic E-state index is 12.3. The fourth-order valence-corrected chi connectivity index (χ4v) is 2.30. The highest BCUT2D eigenvalue weighted by molar-refractivity contribution is 5.98. The van der Waals surface area contributed by atoms with Crippen LogP contribution in [0, 0.1) is 13.8 Å². The second-order valence-corrected chi connectivity index (χ2v) is 5.99. The number of aryl methyl sites for hydroxylation is 2. The summed E-state index contributed by atoms with van der Waals surface area (Å²) in [5.41, 5.74) is 7.31. The second-order valence-electron chi connectivity index (χ2n) is 5.99. The molecule has 0 aliphatic heterocycles. The number of rotatable bonds is 7. The van der Waals surface area contributed by atoms with Gasteiger partial charge in [-0.15, -0.1) is 0 Å². The van der Waals surface area contributed by atoms with Crippen molar-refractivity contribution in [1.82, 2.24) is 9.78 Å². The van der Waals surface area contributed by atoms with Crippen molar-refractivity contribution >= 4 is 23.5 Å². The van der Waals surface area contributed by atoms with Crippen LogP contribution in [-0.2, 0) is 21.4 Å². The molecule has 1 heterocycles. The number of hydrogen-bond acceptors (Lipinski definition) is 6. The predicted molar refractivity (Wildman–Crippen MR) is 97.3 cm³/mol. The number of carbonyl (C=O) groups is 3. The number of esters is 1. The summed E-state index contributed by atoms with van der Waals surface area (Å²) in [6, 6.07) is 5.96. The largest absolute Gasteiger partial charge is 0.484 e. The van der Waals surface area contributed by atoms with Crippen molar-refractivity contribution in [2.45, 2.75) is 26.9 Å². The Morgan fingerprint density at radius 2 is 1.85 bits per heavy atom. The molecule has 1 aromatic carbocycles. The van der Waals surface area contributed by atoms with Gasteiger partial charge in [-0.1, -0.05) is 0 Å². The van der Waals surface area contributed by atoms with Gasteiger partial charge in [0.05, 0.1) is 22.6 Å². The number of primary amides is 1. The van der Waals surface area contributed by atoms with E-state index in [0.29, 0.717) is 17.1 Å². The van der Waals surface area contributed by atoms with E-state index in [1.807, 2.05) is 6.92 Å². The van der Waals surface area contributed by atoms with E-state index < -0.39 is 23.9 Å². The smallest absolute Gasteiger partial charge is 0.338 e. The molecule has 9 heteroatoms. The molecule has 144 valence electrons. The highest BCUT2D eigenvalue weighted by Crippen LogP contribution is 2.19. The van der Waals surface area contributed by atoms with Crippen LogP contribution < -0.4 is 15.8 Å². The average molecular weight is 374 g/mol. The molecular weight excluding hydrogens is 352 g/mol. The van der Waals surface area contributed by atoms with E-state index in [2.05, 4.69) is 10.4 Å². The highest BCUT2D eigenvalue weighted by atomic mass is 16.5. The Kier molecular flexibility index (Phi) is 6.17. The zero-order chi connectivity index (χ0) is 20.1. The van der Waals surface area contributed by atoms with E-state index in [-0.39, 0.29) is 12.2 Å². The van der Waals surface area contributed by atoms with Gasteiger partial charge in [-0.2, -0.15) is 5.10 Å². The molecule has 2 amide bonds. The van der Waals surface area contributed by atoms with Crippen LogP contribution >= 0.6 is 0 Å². The van der Waals surface area contributed by atoms with Crippen molar-refractivity contribution in [3.8, 4) is 5.75 Å². The summed E-state index contributed by atoms with van der Waals surface area (Å²) in [5, 5.41) is 6.95. The third kappa shape index (κ3) is 5.06. The molecule has 2 aromatic rings. The number of nitrogens with two attached hydrogens (primary N) is 1. The van der Waals surface area contributed by atoms with E-state index in [4.69, 9.17) is 15.2 Å². The number of benzene rings is 1. The summed E-state index contributed by atoms with van der Waals surface area (Å²) < 4.78 is 12.0. The minimum absolute atomic E-state index is 0.245. The van der Waals surface area contributed by atoms with E-state index in [1.165, 1.54) is 31.2 Å². The first-order chi connectivity index (χ1) is 12.7. The third-order valence-electron chi connectivity index (χ3n) is 3.88. The van der Waals surface area contributed by atoms with Gasteiger partial charge in [-0.3, -0.25) is 14.3 Å². The van der Waals surface area contributed by atoms with Gasteiger partial charge in [0, 0.05) is 7.05 Å². The molecule has 1 atom stereocenters. The van der Waals surface area contributed by atoms with Crippen molar-refractivity contribution in [3.05, 3.63) is 41.2 Å². The molecule has 9 nitrogen and oxygen atoms in total.